The number of aromatic nitrogens is 5. The van der Waals surface area contributed by atoms with Crippen LogP contribution in [0.3, 0.4) is 0 Å². The second-order valence-corrected chi connectivity index (χ2v) is 5.09. The molecule has 0 spiro atoms. The van der Waals surface area contributed by atoms with Crippen LogP contribution in [0.25, 0.3) is 11.2 Å². The second-order valence-electron chi connectivity index (χ2n) is 5.09. The molecule has 9 heteroatoms. The van der Waals surface area contributed by atoms with Crippen LogP contribution in [0.2, 0.25) is 0 Å². The highest BCUT2D eigenvalue weighted by atomic mass is 16.5. The number of rotatable bonds is 4. The van der Waals surface area contributed by atoms with Crippen LogP contribution in [-0.2, 0) is 16.6 Å². The number of hydrogen-bond donors (Lipinski definition) is 0. The molecule has 1 fully saturated rings. The molecule has 2 aromatic heterocycles. The lowest BCUT2D eigenvalue weighted by molar-refractivity contribution is -0.136. The third-order valence-corrected chi connectivity index (χ3v) is 3.73. The summed E-state index contributed by atoms with van der Waals surface area (Å²) in [6.07, 6.45) is 1.52. The Labute approximate surface area is 127 Å². The Morgan fingerprint density at radius 1 is 1.27 bits per heavy atom. The van der Waals surface area contributed by atoms with Gasteiger partial charge in [0.15, 0.2) is 17.0 Å². The first-order valence-corrected chi connectivity index (χ1v) is 7.31. The van der Waals surface area contributed by atoms with Crippen LogP contribution in [0.1, 0.15) is 6.92 Å². The number of hydrogen-bond acceptors (Lipinski definition) is 7. The SMILES string of the molecule is CCOCC(=O)N1CCN(c2ncnc3c2nnn3C)CC1. The maximum Gasteiger partial charge on any atom is 0.248 e. The molecule has 0 radical (unpaired) electrons. The van der Waals surface area contributed by atoms with Crippen molar-refractivity contribution in [3.05, 3.63) is 6.33 Å². The largest absolute Gasteiger partial charge is 0.372 e. The molecule has 0 atom stereocenters. The lowest BCUT2D eigenvalue weighted by atomic mass is 10.3. The molecule has 2 aromatic rings. The van der Waals surface area contributed by atoms with Crippen LogP contribution in [0.4, 0.5) is 5.82 Å². The molecule has 0 N–H and O–H groups in total. The van der Waals surface area contributed by atoms with E-state index in [1.807, 2.05) is 11.8 Å². The van der Waals surface area contributed by atoms with Crippen LogP contribution in [0.15, 0.2) is 6.33 Å². The normalized spacial score (nSPS) is 15.5. The van der Waals surface area contributed by atoms with Gasteiger partial charge in [-0.3, -0.25) is 4.79 Å². The van der Waals surface area contributed by atoms with E-state index in [0.29, 0.717) is 43.9 Å². The van der Waals surface area contributed by atoms with Gasteiger partial charge in [-0.05, 0) is 6.92 Å². The Kier molecular flexibility index (Phi) is 4.14. The molecular weight excluding hydrogens is 286 g/mol. The molecule has 118 valence electrons. The number of ether oxygens (including phenoxy) is 1. The van der Waals surface area contributed by atoms with E-state index in [0.717, 1.165) is 5.82 Å². The summed E-state index contributed by atoms with van der Waals surface area (Å²) >= 11 is 0. The summed E-state index contributed by atoms with van der Waals surface area (Å²) < 4.78 is 6.80. The predicted molar refractivity (Wildman–Crippen MR) is 79.4 cm³/mol. The van der Waals surface area contributed by atoms with Gasteiger partial charge in [0.1, 0.15) is 12.9 Å². The van der Waals surface area contributed by atoms with E-state index in [-0.39, 0.29) is 12.5 Å². The predicted octanol–water partition coefficient (Wildman–Crippen LogP) is -0.557. The van der Waals surface area contributed by atoms with Gasteiger partial charge in [0.2, 0.25) is 5.91 Å². The molecule has 22 heavy (non-hydrogen) atoms. The number of anilines is 1. The van der Waals surface area contributed by atoms with Crippen molar-refractivity contribution in [1.82, 2.24) is 29.9 Å². The zero-order valence-corrected chi connectivity index (χ0v) is 12.8. The van der Waals surface area contributed by atoms with Gasteiger partial charge in [-0.15, -0.1) is 5.10 Å². The topological polar surface area (TPSA) is 89.3 Å². The highest BCUT2D eigenvalue weighted by Gasteiger charge is 2.24. The Morgan fingerprint density at radius 2 is 2.05 bits per heavy atom. The standard InChI is InChI=1S/C13H19N7O2/c1-3-22-8-10(21)19-4-6-20(7-5-19)13-11-12(14-9-15-13)18(2)17-16-11/h9H,3-8H2,1-2H3. The number of piperazine rings is 1. The van der Waals surface area contributed by atoms with Crippen molar-refractivity contribution in [1.29, 1.82) is 0 Å². The smallest absolute Gasteiger partial charge is 0.248 e. The molecule has 0 bridgehead atoms. The molecule has 0 aromatic carbocycles. The minimum atomic E-state index is 0.0360. The van der Waals surface area contributed by atoms with E-state index in [1.165, 1.54) is 6.33 Å². The second kappa shape index (κ2) is 6.22. The van der Waals surface area contributed by atoms with Gasteiger partial charge < -0.3 is 14.5 Å². The van der Waals surface area contributed by atoms with Crippen molar-refractivity contribution in [3.63, 3.8) is 0 Å². The van der Waals surface area contributed by atoms with Crippen molar-refractivity contribution in [2.75, 3.05) is 44.3 Å². The quantitative estimate of drug-likeness (QED) is 0.748. The van der Waals surface area contributed by atoms with Crippen molar-refractivity contribution in [2.24, 2.45) is 7.05 Å². The van der Waals surface area contributed by atoms with Crippen molar-refractivity contribution < 1.29 is 9.53 Å². The van der Waals surface area contributed by atoms with E-state index in [2.05, 4.69) is 25.2 Å². The summed E-state index contributed by atoms with van der Waals surface area (Å²) in [4.78, 5) is 24.4. The van der Waals surface area contributed by atoms with Gasteiger partial charge in [0, 0.05) is 39.8 Å². The lowest BCUT2D eigenvalue weighted by Gasteiger charge is -2.35. The van der Waals surface area contributed by atoms with E-state index in [4.69, 9.17) is 4.74 Å². The molecular formula is C13H19N7O2. The molecule has 1 amide bonds. The van der Waals surface area contributed by atoms with Gasteiger partial charge in [0.05, 0.1) is 0 Å². The third kappa shape index (κ3) is 2.71. The van der Waals surface area contributed by atoms with Crippen LogP contribution >= 0.6 is 0 Å². The molecule has 9 nitrogen and oxygen atoms in total. The summed E-state index contributed by atoms with van der Waals surface area (Å²) in [7, 11) is 1.80. The van der Waals surface area contributed by atoms with Gasteiger partial charge in [0.25, 0.3) is 0 Å². The fraction of sp³-hybridized carbons (Fsp3) is 0.615. The highest BCUT2D eigenvalue weighted by molar-refractivity contribution is 5.83. The van der Waals surface area contributed by atoms with E-state index in [1.54, 1.807) is 11.7 Å². The number of nitrogens with zero attached hydrogens (tertiary/aromatic N) is 7. The highest BCUT2D eigenvalue weighted by Crippen LogP contribution is 2.21. The minimum Gasteiger partial charge on any atom is -0.372 e. The molecule has 1 saturated heterocycles. The van der Waals surface area contributed by atoms with Gasteiger partial charge >= 0.3 is 0 Å². The van der Waals surface area contributed by atoms with E-state index in [9.17, 15) is 4.79 Å². The summed E-state index contributed by atoms with van der Waals surface area (Å²) in [5, 5.41) is 8.12. The molecule has 1 aliphatic rings. The van der Waals surface area contributed by atoms with Crippen LogP contribution in [0, 0.1) is 0 Å². The summed E-state index contributed by atoms with van der Waals surface area (Å²) in [6.45, 7) is 5.30. The molecule has 0 aliphatic carbocycles. The number of carbonyl (C=O) groups excluding carboxylic acids is 1. The fourth-order valence-corrected chi connectivity index (χ4v) is 2.52. The first-order valence-electron chi connectivity index (χ1n) is 7.31. The minimum absolute atomic E-state index is 0.0360. The number of amides is 1. The van der Waals surface area contributed by atoms with E-state index >= 15 is 0 Å². The van der Waals surface area contributed by atoms with Gasteiger partial charge in [-0.2, -0.15) is 0 Å². The number of aryl methyl sites for hydroxylation is 1. The number of carbonyl (C=O) groups is 1. The fourth-order valence-electron chi connectivity index (χ4n) is 2.52. The van der Waals surface area contributed by atoms with Crippen molar-refractivity contribution in [2.45, 2.75) is 6.92 Å². The van der Waals surface area contributed by atoms with Gasteiger partial charge in [-0.25, -0.2) is 14.6 Å². The molecule has 0 saturated carbocycles. The van der Waals surface area contributed by atoms with Crippen LogP contribution in [0.5, 0.6) is 0 Å². The Morgan fingerprint density at radius 3 is 2.77 bits per heavy atom. The average molecular weight is 305 g/mol. The monoisotopic (exact) mass is 305 g/mol. The Bertz CT molecular complexity index is 663. The maximum absolute atomic E-state index is 11.9. The Hall–Kier alpha value is -2.29. The first kappa shape index (κ1) is 14.6. The molecule has 3 heterocycles. The lowest BCUT2D eigenvalue weighted by Crippen LogP contribution is -2.50. The summed E-state index contributed by atoms with van der Waals surface area (Å²) in [6, 6.07) is 0. The van der Waals surface area contributed by atoms with Crippen molar-refractivity contribution in [3.8, 4) is 0 Å². The van der Waals surface area contributed by atoms with Crippen molar-refractivity contribution >= 4 is 22.9 Å². The third-order valence-electron chi connectivity index (χ3n) is 3.73. The number of fused-ring (bicyclic) bond motifs is 1. The van der Waals surface area contributed by atoms with Crippen LogP contribution in [-0.4, -0.2) is 75.2 Å². The Balaban J connectivity index is 1.69. The van der Waals surface area contributed by atoms with Crippen LogP contribution < -0.4 is 4.90 Å². The zero-order chi connectivity index (χ0) is 15.5. The first-order chi connectivity index (χ1) is 10.7. The van der Waals surface area contributed by atoms with E-state index < -0.39 is 0 Å². The molecule has 3 rings (SSSR count). The average Bonchev–Trinajstić information content (AvgIpc) is 2.94. The molecule has 1 aliphatic heterocycles. The van der Waals surface area contributed by atoms with Gasteiger partial charge in [-0.1, -0.05) is 5.21 Å². The molecule has 0 unspecified atom stereocenters. The summed E-state index contributed by atoms with van der Waals surface area (Å²) in [5.41, 5.74) is 1.40. The summed E-state index contributed by atoms with van der Waals surface area (Å²) in [5.74, 6) is 0.809. The maximum atomic E-state index is 11.9. The zero-order valence-electron chi connectivity index (χ0n) is 12.8.